The van der Waals surface area contributed by atoms with Gasteiger partial charge in [-0.3, -0.25) is 0 Å². The molecular weight excluding hydrogens is 182 g/mol. The first-order valence-corrected chi connectivity index (χ1v) is 5.08. The maximum atomic E-state index is 6.13. The van der Waals surface area contributed by atoms with E-state index in [1.54, 1.807) is 0 Å². The van der Waals surface area contributed by atoms with Gasteiger partial charge in [-0.1, -0.05) is 30.7 Å². The molecule has 2 rings (SSSR count). The molecule has 70 valence electrons. The highest BCUT2D eigenvalue weighted by Gasteiger charge is 2.49. The molecule has 0 radical (unpaired) electrons. The van der Waals surface area contributed by atoms with E-state index in [2.05, 4.69) is 19.1 Å². The van der Waals surface area contributed by atoms with Crippen LogP contribution in [0.25, 0.3) is 0 Å². The summed E-state index contributed by atoms with van der Waals surface area (Å²) in [6, 6.07) is 8.03. The summed E-state index contributed by atoms with van der Waals surface area (Å²) in [6.07, 6.45) is 2.17. The van der Waals surface area contributed by atoms with Crippen molar-refractivity contribution in [1.29, 1.82) is 0 Å². The van der Waals surface area contributed by atoms with E-state index >= 15 is 0 Å². The van der Waals surface area contributed by atoms with Crippen molar-refractivity contribution in [2.24, 2.45) is 5.73 Å². The summed E-state index contributed by atoms with van der Waals surface area (Å²) >= 11 is 5.81. The van der Waals surface area contributed by atoms with Crippen LogP contribution >= 0.6 is 11.6 Å². The zero-order valence-electron chi connectivity index (χ0n) is 7.76. The van der Waals surface area contributed by atoms with Gasteiger partial charge in [0, 0.05) is 16.5 Å². The van der Waals surface area contributed by atoms with Crippen molar-refractivity contribution in [3.05, 3.63) is 34.9 Å². The number of halogens is 1. The van der Waals surface area contributed by atoms with Crippen LogP contribution < -0.4 is 5.73 Å². The lowest BCUT2D eigenvalue weighted by Gasteiger charge is -2.07. The molecule has 1 aromatic rings. The van der Waals surface area contributed by atoms with Crippen LogP contribution in [0.2, 0.25) is 5.02 Å². The number of nitrogens with two attached hydrogens (primary N) is 1. The third-order valence-corrected chi connectivity index (χ3v) is 3.30. The molecule has 1 fully saturated rings. The second kappa shape index (κ2) is 3.00. The Labute approximate surface area is 83.9 Å². The van der Waals surface area contributed by atoms with Gasteiger partial charge in [0.2, 0.25) is 0 Å². The Bertz CT molecular complexity index is 306. The number of hydrogen-bond acceptors (Lipinski definition) is 1. The second-order valence-electron chi connectivity index (χ2n) is 3.89. The van der Waals surface area contributed by atoms with Crippen LogP contribution in [0, 0.1) is 0 Å². The Kier molecular flexibility index (Phi) is 2.09. The Hall–Kier alpha value is -0.530. The summed E-state index contributed by atoms with van der Waals surface area (Å²) in [5, 5.41) is 0.795. The molecule has 2 atom stereocenters. The molecule has 1 nitrogen and oxygen atoms in total. The van der Waals surface area contributed by atoms with Crippen molar-refractivity contribution in [3.8, 4) is 0 Å². The summed E-state index contributed by atoms with van der Waals surface area (Å²) in [6.45, 7) is 2.15. The second-order valence-corrected chi connectivity index (χ2v) is 4.33. The molecule has 1 aromatic carbocycles. The standard InChI is InChI=1S/C11H14ClN/c1-2-11(13)7-10(11)8-3-5-9(12)6-4-8/h3-6,10H,2,7,13H2,1H3/t10-,11-/m1/s1. The largest absolute Gasteiger partial charge is 0.325 e. The zero-order valence-corrected chi connectivity index (χ0v) is 8.51. The molecule has 0 amide bonds. The van der Waals surface area contributed by atoms with Crippen molar-refractivity contribution in [2.45, 2.75) is 31.2 Å². The predicted molar refractivity (Wildman–Crippen MR) is 56.0 cm³/mol. The molecule has 1 saturated carbocycles. The molecule has 1 aliphatic rings. The maximum Gasteiger partial charge on any atom is 0.0406 e. The first-order valence-electron chi connectivity index (χ1n) is 4.70. The van der Waals surface area contributed by atoms with Crippen molar-refractivity contribution in [3.63, 3.8) is 0 Å². The summed E-state index contributed by atoms with van der Waals surface area (Å²) in [5.74, 6) is 0.551. The van der Waals surface area contributed by atoms with Crippen molar-refractivity contribution >= 4 is 11.6 Å². The normalized spacial score (nSPS) is 31.8. The molecule has 2 N–H and O–H groups in total. The van der Waals surface area contributed by atoms with E-state index < -0.39 is 0 Å². The SMILES string of the molecule is CC[C@@]1(N)C[C@@H]1c1ccc(Cl)cc1. The van der Waals surface area contributed by atoms with Crippen molar-refractivity contribution in [2.75, 3.05) is 0 Å². The van der Waals surface area contributed by atoms with Gasteiger partial charge in [0.05, 0.1) is 0 Å². The van der Waals surface area contributed by atoms with Crippen LogP contribution in [0.15, 0.2) is 24.3 Å². The summed E-state index contributed by atoms with van der Waals surface area (Å²) in [7, 11) is 0. The fourth-order valence-corrected chi connectivity index (χ4v) is 1.98. The van der Waals surface area contributed by atoms with E-state index in [1.165, 1.54) is 5.56 Å². The van der Waals surface area contributed by atoms with Gasteiger partial charge < -0.3 is 5.73 Å². The molecule has 2 heteroatoms. The molecule has 13 heavy (non-hydrogen) atoms. The highest BCUT2D eigenvalue weighted by atomic mass is 35.5. The van der Waals surface area contributed by atoms with Gasteiger partial charge in [-0.2, -0.15) is 0 Å². The Morgan fingerprint density at radius 3 is 2.54 bits per heavy atom. The Morgan fingerprint density at radius 2 is 2.08 bits per heavy atom. The molecule has 0 aliphatic heterocycles. The number of benzene rings is 1. The van der Waals surface area contributed by atoms with Gasteiger partial charge in [0.15, 0.2) is 0 Å². The molecule has 0 bridgehead atoms. The van der Waals surface area contributed by atoms with Gasteiger partial charge in [0.25, 0.3) is 0 Å². The lowest BCUT2D eigenvalue weighted by atomic mass is 10.1. The average molecular weight is 196 g/mol. The van der Waals surface area contributed by atoms with E-state index in [9.17, 15) is 0 Å². The maximum absolute atomic E-state index is 6.13. The average Bonchev–Trinajstić information content (AvgIpc) is 2.81. The van der Waals surface area contributed by atoms with Gasteiger partial charge in [-0.05, 0) is 30.5 Å². The van der Waals surface area contributed by atoms with E-state index in [-0.39, 0.29) is 5.54 Å². The molecule has 0 spiro atoms. The van der Waals surface area contributed by atoms with Crippen LogP contribution in [0.3, 0.4) is 0 Å². The molecular formula is C11H14ClN. The van der Waals surface area contributed by atoms with E-state index in [1.807, 2.05) is 12.1 Å². The van der Waals surface area contributed by atoms with Crippen LogP contribution in [-0.4, -0.2) is 5.54 Å². The molecule has 0 aromatic heterocycles. The highest BCUT2D eigenvalue weighted by Crippen LogP contribution is 2.51. The van der Waals surface area contributed by atoms with Gasteiger partial charge in [-0.15, -0.1) is 0 Å². The Morgan fingerprint density at radius 1 is 1.46 bits per heavy atom. The summed E-state index contributed by atoms with van der Waals surface area (Å²) in [4.78, 5) is 0. The molecule has 0 unspecified atom stereocenters. The van der Waals surface area contributed by atoms with Crippen LogP contribution in [0.1, 0.15) is 31.2 Å². The fraction of sp³-hybridized carbons (Fsp3) is 0.455. The minimum absolute atomic E-state index is 0.0633. The molecule has 1 aliphatic carbocycles. The Balaban J connectivity index is 2.16. The lowest BCUT2D eigenvalue weighted by Crippen LogP contribution is -2.22. The van der Waals surface area contributed by atoms with Crippen LogP contribution in [0.5, 0.6) is 0 Å². The molecule has 0 heterocycles. The highest BCUT2D eigenvalue weighted by molar-refractivity contribution is 6.30. The van der Waals surface area contributed by atoms with Gasteiger partial charge in [0.1, 0.15) is 0 Å². The van der Waals surface area contributed by atoms with E-state index in [4.69, 9.17) is 17.3 Å². The summed E-state index contributed by atoms with van der Waals surface area (Å²) < 4.78 is 0. The van der Waals surface area contributed by atoms with Gasteiger partial charge >= 0.3 is 0 Å². The summed E-state index contributed by atoms with van der Waals surface area (Å²) in [5.41, 5.74) is 7.52. The topological polar surface area (TPSA) is 26.0 Å². The first-order chi connectivity index (χ1) is 6.15. The fourth-order valence-electron chi connectivity index (χ4n) is 1.86. The lowest BCUT2D eigenvalue weighted by molar-refractivity contribution is 0.626. The first kappa shape index (κ1) is 9.04. The zero-order chi connectivity index (χ0) is 9.47. The quantitative estimate of drug-likeness (QED) is 0.772. The van der Waals surface area contributed by atoms with E-state index in [0.29, 0.717) is 5.92 Å². The minimum atomic E-state index is 0.0633. The van der Waals surface area contributed by atoms with Crippen molar-refractivity contribution in [1.82, 2.24) is 0 Å². The van der Waals surface area contributed by atoms with E-state index in [0.717, 1.165) is 17.9 Å². The monoisotopic (exact) mass is 195 g/mol. The smallest absolute Gasteiger partial charge is 0.0406 e. The van der Waals surface area contributed by atoms with Gasteiger partial charge in [-0.25, -0.2) is 0 Å². The predicted octanol–water partition coefficient (Wildman–Crippen LogP) is 2.93. The minimum Gasteiger partial charge on any atom is -0.325 e. The number of hydrogen-bond donors (Lipinski definition) is 1. The molecule has 0 saturated heterocycles. The van der Waals surface area contributed by atoms with Crippen LogP contribution in [-0.2, 0) is 0 Å². The van der Waals surface area contributed by atoms with Crippen LogP contribution in [0.4, 0.5) is 0 Å². The number of rotatable bonds is 2. The third-order valence-electron chi connectivity index (χ3n) is 3.05. The third kappa shape index (κ3) is 1.59. The van der Waals surface area contributed by atoms with Crippen molar-refractivity contribution < 1.29 is 0 Å².